The average molecular weight is 296 g/mol. The molecule has 1 rings (SSSR count). The highest BCUT2D eigenvalue weighted by Crippen LogP contribution is 2.24. The molecule has 2 atom stereocenters. The molecular formula is C14H27F3N2O. The number of ether oxygens (including phenoxy) is 1. The van der Waals surface area contributed by atoms with Crippen LogP contribution >= 0.6 is 0 Å². The Kier molecular flexibility index (Phi) is 7.84. The van der Waals surface area contributed by atoms with E-state index in [1.165, 1.54) is 0 Å². The lowest BCUT2D eigenvalue weighted by Gasteiger charge is -2.37. The summed E-state index contributed by atoms with van der Waals surface area (Å²) in [6.45, 7) is 8.06. The van der Waals surface area contributed by atoms with Crippen molar-refractivity contribution in [3.8, 4) is 0 Å². The molecule has 0 aromatic carbocycles. The summed E-state index contributed by atoms with van der Waals surface area (Å²) in [4.78, 5) is 2.28. The van der Waals surface area contributed by atoms with Gasteiger partial charge in [0, 0.05) is 25.6 Å². The van der Waals surface area contributed by atoms with Crippen LogP contribution in [-0.2, 0) is 4.74 Å². The van der Waals surface area contributed by atoms with Gasteiger partial charge in [0.2, 0.25) is 0 Å². The summed E-state index contributed by atoms with van der Waals surface area (Å²) in [6.07, 6.45) is -2.92. The smallest absolute Gasteiger partial charge is 0.374 e. The topological polar surface area (TPSA) is 24.5 Å². The van der Waals surface area contributed by atoms with Gasteiger partial charge >= 0.3 is 6.18 Å². The van der Waals surface area contributed by atoms with Crippen LogP contribution < -0.4 is 5.32 Å². The van der Waals surface area contributed by atoms with E-state index in [9.17, 15) is 13.2 Å². The van der Waals surface area contributed by atoms with Crippen LogP contribution in [0.25, 0.3) is 0 Å². The monoisotopic (exact) mass is 296 g/mol. The van der Waals surface area contributed by atoms with Gasteiger partial charge in [-0.25, -0.2) is 0 Å². The van der Waals surface area contributed by atoms with E-state index in [0.717, 1.165) is 39.0 Å². The Labute approximate surface area is 119 Å². The van der Waals surface area contributed by atoms with E-state index in [4.69, 9.17) is 4.74 Å². The fourth-order valence-electron chi connectivity index (χ4n) is 2.56. The van der Waals surface area contributed by atoms with E-state index in [1.54, 1.807) is 0 Å². The van der Waals surface area contributed by atoms with Gasteiger partial charge in [-0.05, 0) is 32.4 Å². The third-order valence-corrected chi connectivity index (χ3v) is 3.56. The minimum atomic E-state index is -4.09. The van der Waals surface area contributed by atoms with Crippen molar-refractivity contribution in [3.63, 3.8) is 0 Å². The van der Waals surface area contributed by atoms with Crippen molar-refractivity contribution in [1.82, 2.24) is 10.2 Å². The summed E-state index contributed by atoms with van der Waals surface area (Å²) in [7, 11) is 0. The fraction of sp³-hybridized carbons (Fsp3) is 1.00. The zero-order chi connectivity index (χ0) is 15.0. The van der Waals surface area contributed by atoms with Crippen LogP contribution in [0.4, 0.5) is 13.2 Å². The standard InChI is InChI=1S/C14H27F3N2O/c1-3-7-18-12(5-6-14(15,16)17)13-11-19(8-4-2)9-10-20-13/h12-13,18H,3-11H2,1-2H3. The van der Waals surface area contributed by atoms with Gasteiger partial charge in [-0.2, -0.15) is 13.2 Å². The van der Waals surface area contributed by atoms with Crippen molar-refractivity contribution in [2.24, 2.45) is 0 Å². The van der Waals surface area contributed by atoms with Gasteiger partial charge in [-0.15, -0.1) is 0 Å². The second-order valence-corrected chi connectivity index (χ2v) is 5.42. The molecule has 0 aliphatic carbocycles. The lowest BCUT2D eigenvalue weighted by atomic mass is 10.0. The molecule has 6 heteroatoms. The van der Waals surface area contributed by atoms with Crippen molar-refractivity contribution in [2.75, 3.05) is 32.8 Å². The van der Waals surface area contributed by atoms with Crippen molar-refractivity contribution in [2.45, 2.75) is 57.9 Å². The van der Waals surface area contributed by atoms with Gasteiger partial charge in [0.1, 0.15) is 0 Å². The maximum absolute atomic E-state index is 12.4. The van der Waals surface area contributed by atoms with Crippen molar-refractivity contribution in [3.05, 3.63) is 0 Å². The van der Waals surface area contributed by atoms with Gasteiger partial charge in [-0.1, -0.05) is 13.8 Å². The Hall–Kier alpha value is -0.330. The quantitative estimate of drug-likeness (QED) is 0.745. The van der Waals surface area contributed by atoms with Crippen LogP contribution in [0.1, 0.15) is 39.5 Å². The van der Waals surface area contributed by atoms with E-state index < -0.39 is 12.6 Å². The highest BCUT2D eigenvalue weighted by atomic mass is 19.4. The maximum atomic E-state index is 12.4. The lowest BCUT2D eigenvalue weighted by Crippen LogP contribution is -2.52. The molecule has 0 bridgehead atoms. The Morgan fingerprint density at radius 2 is 2.05 bits per heavy atom. The molecule has 0 amide bonds. The molecule has 1 fully saturated rings. The highest BCUT2D eigenvalue weighted by molar-refractivity contribution is 4.83. The Morgan fingerprint density at radius 3 is 2.65 bits per heavy atom. The molecule has 0 aromatic rings. The number of hydrogen-bond donors (Lipinski definition) is 1. The number of nitrogens with zero attached hydrogens (tertiary/aromatic N) is 1. The van der Waals surface area contributed by atoms with Crippen LogP contribution in [0.2, 0.25) is 0 Å². The van der Waals surface area contributed by atoms with Crippen LogP contribution in [0.5, 0.6) is 0 Å². The largest absolute Gasteiger partial charge is 0.389 e. The first-order valence-corrected chi connectivity index (χ1v) is 7.60. The highest BCUT2D eigenvalue weighted by Gasteiger charge is 2.33. The molecule has 1 saturated heterocycles. The molecule has 0 aromatic heterocycles. The second kappa shape index (κ2) is 8.85. The summed E-state index contributed by atoms with van der Waals surface area (Å²) < 4.78 is 43.0. The van der Waals surface area contributed by atoms with Gasteiger partial charge < -0.3 is 10.1 Å². The molecular weight excluding hydrogens is 269 g/mol. The third kappa shape index (κ3) is 6.90. The molecule has 1 aliphatic heterocycles. The van der Waals surface area contributed by atoms with Crippen molar-refractivity contribution in [1.29, 1.82) is 0 Å². The van der Waals surface area contributed by atoms with Crippen molar-refractivity contribution >= 4 is 0 Å². The molecule has 0 saturated carbocycles. The lowest BCUT2D eigenvalue weighted by molar-refractivity contribution is -0.140. The molecule has 120 valence electrons. The molecule has 0 radical (unpaired) electrons. The van der Waals surface area contributed by atoms with Gasteiger partial charge in [0.25, 0.3) is 0 Å². The average Bonchev–Trinajstić information content (AvgIpc) is 2.38. The zero-order valence-corrected chi connectivity index (χ0v) is 12.5. The number of rotatable bonds is 8. The van der Waals surface area contributed by atoms with Gasteiger partial charge in [-0.3, -0.25) is 4.90 Å². The number of halogens is 3. The second-order valence-electron chi connectivity index (χ2n) is 5.42. The number of hydrogen-bond acceptors (Lipinski definition) is 3. The van der Waals surface area contributed by atoms with Gasteiger partial charge in [0.05, 0.1) is 12.7 Å². The first kappa shape index (κ1) is 17.7. The summed E-state index contributed by atoms with van der Waals surface area (Å²) in [5.41, 5.74) is 0. The van der Waals surface area contributed by atoms with Crippen LogP contribution in [0.15, 0.2) is 0 Å². The van der Waals surface area contributed by atoms with Gasteiger partial charge in [0.15, 0.2) is 0 Å². The summed E-state index contributed by atoms with van der Waals surface area (Å²) in [6, 6.07) is -0.212. The molecule has 0 spiro atoms. The first-order valence-electron chi connectivity index (χ1n) is 7.60. The maximum Gasteiger partial charge on any atom is 0.389 e. The summed E-state index contributed by atoms with van der Waals surface area (Å²) >= 11 is 0. The van der Waals surface area contributed by atoms with E-state index in [1.807, 2.05) is 6.92 Å². The predicted molar refractivity (Wildman–Crippen MR) is 73.8 cm³/mol. The number of alkyl halides is 3. The van der Waals surface area contributed by atoms with E-state index in [2.05, 4.69) is 17.1 Å². The van der Waals surface area contributed by atoms with E-state index in [-0.39, 0.29) is 18.6 Å². The molecule has 2 unspecified atom stereocenters. The molecule has 3 nitrogen and oxygen atoms in total. The molecule has 1 aliphatic rings. The van der Waals surface area contributed by atoms with E-state index in [0.29, 0.717) is 6.61 Å². The van der Waals surface area contributed by atoms with E-state index >= 15 is 0 Å². The SMILES string of the molecule is CCCNC(CCC(F)(F)F)C1CN(CCC)CCO1. The summed E-state index contributed by atoms with van der Waals surface area (Å²) in [5.74, 6) is 0. The van der Waals surface area contributed by atoms with Crippen LogP contribution in [0.3, 0.4) is 0 Å². The summed E-state index contributed by atoms with van der Waals surface area (Å²) in [5, 5.41) is 3.22. The van der Waals surface area contributed by atoms with Crippen molar-refractivity contribution < 1.29 is 17.9 Å². The number of morpholine rings is 1. The van der Waals surface area contributed by atoms with Crippen LogP contribution in [0, 0.1) is 0 Å². The normalized spacial score (nSPS) is 22.9. The Morgan fingerprint density at radius 1 is 1.30 bits per heavy atom. The Balaban J connectivity index is 2.52. The zero-order valence-electron chi connectivity index (χ0n) is 12.5. The Bertz CT molecular complexity index is 259. The third-order valence-electron chi connectivity index (χ3n) is 3.56. The minimum absolute atomic E-state index is 0.0914. The molecule has 20 heavy (non-hydrogen) atoms. The number of nitrogens with one attached hydrogen (secondary N) is 1. The predicted octanol–water partition coefficient (Wildman–Crippen LogP) is 2.81. The van der Waals surface area contributed by atoms with Crippen LogP contribution in [-0.4, -0.2) is 56.0 Å². The molecule has 1 N–H and O–H groups in total. The molecule has 1 heterocycles. The first-order chi connectivity index (χ1) is 9.46. The fourth-order valence-corrected chi connectivity index (χ4v) is 2.56. The minimum Gasteiger partial charge on any atom is -0.374 e.